The molecule has 0 saturated carbocycles. The average molecular weight is 408 g/mol. The summed E-state index contributed by atoms with van der Waals surface area (Å²) in [5, 5.41) is 14.1. The van der Waals surface area contributed by atoms with Crippen molar-refractivity contribution in [2.24, 2.45) is 0 Å². The molecule has 1 aliphatic heterocycles. The Kier molecular flexibility index (Phi) is 4.86. The first-order valence-corrected chi connectivity index (χ1v) is 9.85. The third-order valence-electron chi connectivity index (χ3n) is 4.92. The molecule has 3 aromatic rings. The minimum Gasteiger partial charge on any atom is -0.463 e. The van der Waals surface area contributed by atoms with Crippen LogP contribution in [0.5, 0.6) is 0 Å². The average Bonchev–Trinajstić information content (AvgIpc) is 3.33. The number of carbonyl (C=O) groups is 1. The molecule has 0 aliphatic carbocycles. The number of fused-ring (bicyclic) bond motifs is 1. The molecule has 9 nitrogen and oxygen atoms in total. The predicted octanol–water partition coefficient (Wildman–Crippen LogP) is 3.31. The van der Waals surface area contributed by atoms with E-state index in [-0.39, 0.29) is 12.1 Å². The van der Waals surface area contributed by atoms with E-state index in [1.807, 2.05) is 33.8 Å². The molecule has 4 heterocycles. The zero-order chi connectivity index (χ0) is 21.5. The van der Waals surface area contributed by atoms with Crippen LogP contribution < -0.4 is 4.90 Å². The minimum atomic E-state index is -0.526. The monoisotopic (exact) mass is 408 g/mol. The topological polar surface area (TPSA) is 99.9 Å². The zero-order valence-corrected chi connectivity index (χ0v) is 17.5. The summed E-state index contributed by atoms with van der Waals surface area (Å²) in [6, 6.07) is 7.54. The summed E-state index contributed by atoms with van der Waals surface area (Å²) in [7, 11) is 0. The lowest BCUT2D eigenvalue weighted by Crippen LogP contribution is -2.55. The Labute approximate surface area is 174 Å². The lowest BCUT2D eigenvalue weighted by Gasteiger charge is -2.40. The third kappa shape index (κ3) is 3.68. The highest BCUT2D eigenvalue weighted by Crippen LogP contribution is 2.27. The van der Waals surface area contributed by atoms with Crippen LogP contribution in [-0.4, -0.2) is 56.9 Å². The summed E-state index contributed by atoms with van der Waals surface area (Å²) in [5.41, 5.74) is 0.785. The van der Waals surface area contributed by atoms with Crippen molar-refractivity contribution in [2.45, 2.75) is 39.3 Å². The van der Waals surface area contributed by atoms with Crippen LogP contribution >= 0.6 is 0 Å². The fourth-order valence-corrected chi connectivity index (χ4v) is 3.54. The maximum absolute atomic E-state index is 12.5. The molecule has 1 saturated heterocycles. The van der Waals surface area contributed by atoms with Gasteiger partial charge >= 0.3 is 6.09 Å². The van der Waals surface area contributed by atoms with E-state index in [9.17, 15) is 10.1 Å². The number of aromatic nitrogens is 3. The first kappa shape index (κ1) is 19.8. The van der Waals surface area contributed by atoms with Crippen molar-refractivity contribution in [1.82, 2.24) is 19.5 Å². The second-order valence-corrected chi connectivity index (χ2v) is 8.34. The van der Waals surface area contributed by atoms with Gasteiger partial charge in [-0.25, -0.2) is 14.3 Å². The van der Waals surface area contributed by atoms with E-state index in [4.69, 9.17) is 14.1 Å². The van der Waals surface area contributed by atoms with Gasteiger partial charge in [-0.15, -0.1) is 0 Å². The van der Waals surface area contributed by atoms with Crippen LogP contribution in [0.2, 0.25) is 0 Å². The van der Waals surface area contributed by atoms with Crippen molar-refractivity contribution in [3.63, 3.8) is 0 Å². The van der Waals surface area contributed by atoms with Gasteiger partial charge in [0, 0.05) is 31.9 Å². The summed E-state index contributed by atoms with van der Waals surface area (Å²) in [6.45, 7) is 9.34. The van der Waals surface area contributed by atoms with Gasteiger partial charge in [0.2, 0.25) is 0 Å². The van der Waals surface area contributed by atoms with E-state index >= 15 is 0 Å². The Bertz CT molecular complexity index is 1110. The van der Waals surface area contributed by atoms with Crippen LogP contribution in [0.25, 0.3) is 17.1 Å². The Morgan fingerprint density at radius 3 is 2.77 bits per heavy atom. The molecular weight excluding hydrogens is 384 g/mol. The second-order valence-electron chi connectivity index (χ2n) is 8.34. The molecule has 1 atom stereocenters. The van der Waals surface area contributed by atoms with Crippen molar-refractivity contribution in [3.05, 3.63) is 36.2 Å². The summed E-state index contributed by atoms with van der Waals surface area (Å²) >= 11 is 0. The molecule has 4 rings (SSSR count). The lowest BCUT2D eigenvalue weighted by atomic mass is 10.2. The number of nitrogens with zero attached hydrogens (tertiary/aromatic N) is 6. The van der Waals surface area contributed by atoms with Crippen LogP contribution in [0.1, 0.15) is 33.3 Å². The highest BCUT2D eigenvalue weighted by atomic mass is 16.6. The quantitative estimate of drug-likeness (QED) is 0.641. The number of amides is 1. The van der Waals surface area contributed by atoms with Crippen LogP contribution in [0.15, 0.2) is 35.1 Å². The standard InChI is InChI=1S/C21H24N6O3/c1-14-13-25(9-10-26(14)20(28)30-21(2,3)4)17-7-8-27-19(23-17)15(12-22)18(24-27)16-6-5-11-29-16/h5-8,11,14H,9-10,13H2,1-4H3/t14-/m0/s1. The lowest BCUT2D eigenvalue weighted by molar-refractivity contribution is 0.0158. The highest BCUT2D eigenvalue weighted by Gasteiger charge is 2.31. The van der Waals surface area contributed by atoms with E-state index in [0.717, 1.165) is 5.82 Å². The molecule has 3 aromatic heterocycles. The molecule has 0 N–H and O–H groups in total. The van der Waals surface area contributed by atoms with Crippen molar-refractivity contribution in [3.8, 4) is 17.5 Å². The van der Waals surface area contributed by atoms with Crippen LogP contribution in [0, 0.1) is 11.3 Å². The largest absolute Gasteiger partial charge is 0.463 e. The van der Waals surface area contributed by atoms with Crippen molar-refractivity contribution >= 4 is 17.6 Å². The minimum absolute atomic E-state index is 0.0364. The first-order valence-electron chi connectivity index (χ1n) is 9.85. The zero-order valence-electron chi connectivity index (χ0n) is 17.5. The van der Waals surface area contributed by atoms with E-state index in [1.165, 1.54) is 0 Å². The number of carbonyl (C=O) groups excluding carboxylic acids is 1. The predicted molar refractivity (Wildman–Crippen MR) is 110 cm³/mol. The van der Waals surface area contributed by atoms with Gasteiger partial charge in [0.15, 0.2) is 11.4 Å². The Hall–Kier alpha value is -3.54. The maximum Gasteiger partial charge on any atom is 0.410 e. The number of rotatable bonds is 2. The molecule has 1 amide bonds. The highest BCUT2D eigenvalue weighted by molar-refractivity contribution is 5.73. The Morgan fingerprint density at radius 2 is 2.13 bits per heavy atom. The molecule has 156 valence electrons. The molecule has 1 fully saturated rings. The number of ether oxygens (including phenoxy) is 1. The number of nitriles is 1. The van der Waals surface area contributed by atoms with E-state index in [2.05, 4.69) is 16.1 Å². The van der Waals surface area contributed by atoms with E-state index < -0.39 is 5.60 Å². The van der Waals surface area contributed by atoms with Crippen molar-refractivity contribution in [2.75, 3.05) is 24.5 Å². The van der Waals surface area contributed by atoms with Crippen LogP contribution in [0.4, 0.5) is 10.6 Å². The molecule has 0 spiro atoms. The second kappa shape index (κ2) is 7.37. The maximum atomic E-state index is 12.5. The fraction of sp³-hybridized carbons (Fsp3) is 0.429. The molecule has 0 aromatic carbocycles. The Morgan fingerprint density at radius 1 is 1.33 bits per heavy atom. The molecule has 9 heteroatoms. The molecule has 30 heavy (non-hydrogen) atoms. The van der Waals surface area contributed by atoms with Gasteiger partial charge < -0.3 is 19.0 Å². The number of piperazine rings is 1. The van der Waals surface area contributed by atoms with Crippen molar-refractivity contribution in [1.29, 1.82) is 5.26 Å². The summed E-state index contributed by atoms with van der Waals surface area (Å²) in [6.07, 6.45) is 3.03. The Balaban J connectivity index is 1.57. The van der Waals surface area contributed by atoms with Gasteiger partial charge in [-0.3, -0.25) is 0 Å². The van der Waals surface area contributed by atoms with Gasteiger partial charge in [-0.1, -0.05) is 0 Å². The van der Waals surface area contributed by atoms with Gasteiger partial charge in [0.25, 0.3) is 0 Å². The van der Waals surface area contributed by atoms with E-state index in [1.54, 1.807) is 34.0 Å². The smallest absolute Gasteiger partial charge is 0.410 e. The SMILES string of the molecule is C[C@H]1CN(c2ccn3nc(-c4ccco4)c(C#N)c3n2)CCN1C(=O)OC(C)(C)C. The number of hydrogen-bond acceptors (Lipinski definition) is 7. The normalized spacial score (nSPS) is 17.2. The fourth-order valence-electron chi connectivity index (χ4n) is 3.54. The van der Waals surface area contributed by atoms with E-state index in [0.29, 0.717) is 42.3 Å². The third-order valence-corrected chi connectivity index (χ3v) is 4.92. The number of anilines is 1. The molecule has 1 aliphatic rings. The summed E-state index contributed by atoms with van der Waals surface area (Å²) in [4.78, 5) is 21.0. The van der Waals surface area contributed by atoms with Gasteiger partial charge in [0.1, 0.15) is 28.7 Å². The molecule has 0 radical (unpaired) electrons. The van der Waals surface area contributed by atoms with Gasteiger partial charge in [0.05, 0.1) is 6.26 Å². The van der Waals surface area contributed by atoms with Gasteiger partial charge in [-0.05, 0) is 45.9 Å². The number of hydrogen-bond donors (Lipinski definition) is 0. The summed E-state index contributed by atoms with van der Waals surface area (Å²) in [5.74, 6) is 1.26. The van der Waals surface area contributed by atoms with Gasteiger partial charge in [-0.2, -0.15) is 10.4 Å². The molecule has 0 unspecified atom stereocenters. The molecular formula is C21H24N6O3. The van der Waals surface area contributed by atoms with Crippen LogP contribution in [-0.2, 0) is 4.74 Å². The molecule has 0 bridgehead atoms. The van der Waals surface area contributed by atoms with Crippen LogP contribution in [0.3, 0.4) is 0 Å². The first-order chi connectivity index (χ1) is 14.3. The number of furan rings is 1. The summed E-state index contributed by atoms with van der Waals surface area (Å²) < 4.78 is 12.5. The van der Waals surface area contributed by atoms with Crippen molar-refractivity contribution < 1.29 is 13.9 Å².